The molecule has 2 aromatic rings. The Morgan fingerprint density at radius 1 is 1.14 bits per heavy atom. The van der Waals surface area contributed by atoms with Crippen molar-refractivity contribution in [2.45, 2.75) is 0 Å². The lowest BCUT2D eigenvalue weighted by Gasteiger charge is -2.21. The third-order valence-electron chi connectivity index (χ3n) is 3.02. The van der Waals surface area contributed by atoms with Crippen molar-refractivity contribution in [1.29, 1.82) is 0 Å². The van der Waals surface area contributed by atoms with E-state index in [0.29, 0.717) is 4.99 Å². The molecule has 0 aliphatic rings. The summed E-state index contributed by atoms with van der Waals surface area (Å²) in [5, 5.41) is 2.85. The first-order chi connectivity index (χ1) is 10.1. The van der Waals surface area contributed by atoms with Crippen LogP contribution in [0.4, 0.5) is 11.4 Å². The number of nitrogens with one attached hydrogen (secondary N) is 1. The Labute approximate surface area is 129 Å². The molecule has 0 aliphatic carbocycles. The number of hydrogen-bond donors (Lipinski definition) is 2. The summed E-state index contributed by atoms with van der Waals surface area (Å²) >= 11 is 5.04. The second kappa shape index (κ2) is 6.85. The summed E-state index contributed by atoms with van der Waals surface area (Å²) in [6, 6.07) is 16.9. The van der Waals surface area contributed by atoms with Crippen molar-refractivity contribution in [3.05, 3.63) is 60.2 Å². The molecular formula is C16H17N3OS. The SMILES string of the molecule is CN(CC(=O)Nc1ccccc1)c1ccccc1C(N)=S. The molecule has 5 heteroatoms. The molecule has 2 aromatic carbocycles. The molecule has 0 bridgehead atoms. The Bertz CT molecular complexity index is 643. The molecule has 0 radical (unpaired) electrons. The molecule has 1 amide bonds. The number of amides is 1. The number of carbonyl (C=O) groups excluding carboxylic acids is 1. The first-order valence-electron chi connectivity index (χ1n) is 6.53. The Kier molecular flexibility index (Phi) is 4.90. The summed E-state index contributed by atoms with van der Waals surface area (Å²) in [5.74, 6) is -0.0959. The van der Waals surface area contributed by atoms with Gasteiger partial charge in [-0.2, -0.15) is 0 Å². The van der Waals surface area contributed by atoms with Crippen LogP contribution in [0.25, 0.3) is 0 Å². The van der Waals surface area contributed by atoms with E-state index >= 15 is 0 Å². The van der Waals surface area contributed by atoms with E-state index in [2.05, 4.69) is 5.32 Å². The van der Waals surface area contributed by atoms with Gasteiger partial charge in [0, 0.05) is 24.0 Å². The quantitative estimate of drug-likeness (QED) is 0.832. The number of benzene rings is 2. The molecule has 0 unspecified atom stereocenters. The van der Waals surface area contributed by atoms with Crippen LogP contribution in [0.5, 0.6) is 0 Å². The average molecular weight is 299 g/mol. The number of anilines is 2. The van der Waals surface area contributed by atoms with Crippen molar-refractivity contribution in [2.24, 2.45) is 5.73 Å². The number of thiocarbonyl (C=S) groups is 1. The van der Waals surface area contributed by atoms with E-state index in [1.807, 2.05) is 66.5 Å². The van der Waals surface area contributed by atoms with Gasteiger partial charge in [-0.3, -0.25) is 4.79 Å². The summed E-state index contributed by atoms with van der Waals surface area (Å²) < 4.78 is 0. The highest BCUT2D eigenvalue weighted by atomic mass is 32.1. The van der Waals surface area contributed by atoms with Crippen LogP contribution in [-0.4, -0.2) is 24.5 Å². The molecule has 108 valence electrons. The van der Waals surface area contributed by atoms with Gasteiger partial charge in [-0.25, -0.2) is 0 Å². The Balaban J connectivity index is 2.06. The Morgan fingerprint density at radius 2 is 1.76 bits per heavy atom. The van der Waals surface area contributed by atoms with Gasteiger partial charge in [0.15, 0.2) is 0 Å². The predicted molar refractivity (Wildman–Crippen MR) is 90.7 cm³/mol. The van der Waals surface area contributed by atoms with Gasteiger partial charge in [-0.1, -0.05) is 42.5 Å². The van der Waals surface area contributed by atoms with Crippen molar-refractivity contribution in [3.63, 3.8) is 0 Å². The first kappa shape index (κ1) is 15.0. The molecule has 21 heavy (non-hydrogen) atoms. The molecule has 0 saturated carbocycles. The number of likely N-dealkylation sites (N-methyl/N-ethyl adjacent to an activating group) is 1. The topological polar surface area (TPSA) is 58.4 Å². The number of hydrogen-bond acceptors (Lipinski definition) is 3. The lowest BCUT2D eigenvalue weighted by atomic mass is 10.1. The lowest BCUT2D eigenvalue weighted by Crippen LogP contribution is -2.31. The summed E-state index contributed by atoms with van der Waals surface area (Å²) in [7, 11) is 1.84. The fourth-order valence-corrected chi connectivity index (χ4v) is 2.21. The normalized spacial score (nSPS) is 9.95. The van der Waals surface area contributed by atoms with E-state index in [9.17, 15) is 4.79 Å². The maximum absolute atomic E-state index is 12.1. The Hall–Kier alpha value is -2.40. The third-order valence-corrected chi connectivity index (χ3v) is 3.24. The molecule has 2 rings (SSSR count). The van der Waals surface area contributed by atoms with Gasteiger partial charge in [0.2, 0.25) is 5.91 Å². The maximum Gasteiger partial charge on any atom is 0.243 e. The second-order valence-corrected chi connectivity index (χ2v) is 5.09. The molecule has 0 atom stereocenters. The fraction of sp³-hybridized carbons (Fsp3) is 0.125. The standard InChI is InChI=1S/C16H17N3OS/c1-19(14-10-6-5-9-13(14)16(17)21)11-15(20)18-12-7-3-2-4-8-12/h2-10H,11H2,1H3,(H2,17,21)(H,18,20). The molecule has 0 heterocycles. The average Bonchev–Trinajstić information content (AvgIpc) is 2.48. The van der Waals surface area contributed by atoms with E-state index < -0.39 is 0 Å². The van der Waals surface area contributed by atoms with Crippen LogP contribution in [0.3, 0.4) is 0 Å². The first-order valence-corrected chi connectivity index (χ1v) is 6.93. The highest BCUT2D eigenvalue weighted by Gasteiger charge is 2.12. The largest absolute Gasteiger partial charge is 0.389 e. The molecule has 3 N–H and O–H groups in total. The molecule has 0 fully saturated rings. The third kappa shape index (κ3) is 4.03. The van der Waals surface area contributed by atoms with Crippen molar-refractivity contribution in [2.75, 3.05) is 23.8 Å². The summed E-state index contributed by atoms with van der Waals surface area (Å²) in [4.78, 5) is 14.2. The molecule has 0 aliphatic heterocycles. The van der Waals surface area contributed by atoms with Crippen molar-refractivity contribution in [3.8, 4) is 0 Å². The summed E-state index contributed by atoms with van der Waals surface area (Å²) in [6.07, 6.45) is 0. The van der Waals surface area contributed by atoms with Crippen LogP contribution in [0, 0.1) is 0 Å². The van der Waals surface area contributed by atoms with Crippen molar-refractivity contribution in [1.82, 2.24) is 0 Å². The predicted octanol–water partition coefficient (Wildman–Crippen LogP) is 2.40. The minimum absolute atomic E-state index is 0.0959. The van der Waals surface area contributed by atoms with Crippen LogP contribution >= 0.6 is 12.2 Å². The van der Waals surface area contributed by atoms with Gasteiger partial charge < -0.3 is 16.0 Å². The highest BCUT2D eigenvalue weighted by molar-refractivity contribution is 7.80. The van der Waals surface area contributed by atoms with E-state index in [4.69, 9.17) is 18.0 Å². The maximum atomic E-state index is 12.1. The highest BCUT2D eigenvalue weighted by Crippen LogP contribution is 2.19. The van der Waals surface area contributed by atoms with Gasteiger partial charge in [-0.15, -0.1) is 0 Å². The zero-order valence-corrected chi connectivity index (χ0v) is 12.6. The van der Waals surface area contributed by atoms with E-state index in [1.54, 1.807) is 0 Å². The van der Waals surface area contributed by atoms with Gasteiger partial charge >= 0.3 is 0 Å². The molecule has 0 spiro atoms. The number of carbonyl (C=O) groups is 1. The minimum Gasteiger partial charge on any atom is -0.389 e. The lowest BCUT2D eigenvalue weighted by molar-refractivity contribution is -0.114. The second-order valence-electron chi connectivity index (χ2n) is 4.65. The van der Waals surface area contributed by atoms with Gasteiger partial charge in [0.25, 0.3) is 0 Å². The number of nitrogens with zero attached hydrogens (tertiary/aromatic N) is 1. The number of para-hydroxylation sites is 2. The monoisotopic (exact) mass is 299 g/mol. The zero-order chi connectivity index (χ0) is 15.2. The number of nitrogens with two attached hydrogens (primary N) is 1. The molecule has 0 saturated heterocycles. The molecular weight excluding hydrogens is 282 g/mol. The molecule has 4 nitrogen and oxygen atoms in total. The van der Waals surface area contributed by atoms with Crippen LogP contribution in [-0.2, 0) is 4.79 Å². The number of rotatable bonds is 5. The van der Waals surface area contributed by atoms with E-state index in [0.717, 1.165) is 16.9 Å². The smallest absolute Gasteiger partial charge is 0.243 e. The summed E-state index contributed by atoms with van der Waals surface area (Å²) in [6.45, 7) is 0.217. The van der Waals surface area contributed by atoms with Crippen LogP contribution in [0.15, 0.2) is 54.6 Å². The van der Waals surface area contributed by atoms with Gasteiger partial charge in [0.1, 0.15) is 4.99 Å². The summed E-state index contributed by atoms with van der Waals surface area (Å²) in [5.41, 5.74) is 8.09. The molecule has 0 aromatic heterocycles. The van der Waals surface area contributed by atoms with E-state index in [1.165, 1.54) is 0 Å². The van der Waals surface area contributed by atoms with Crippen molar-refractivity contribution < 1.29 is 4.79 Å². The van der Waals surface area contributed by atoms with Crippen molar-refractivity contribution >= 4 is 34.5 Å². The fourth-order valence-electron chi connectivity index (χ4n) is 2.04. The van der Waals surface area contributed by atoms with Gasteiger partial charge in [-0.05, 0) is 24.3 Å². The van der Waals surface area contributed by atoms with Gasteiger partial charge in [0.05, 0.1) is 6.54 Å². The zero-order valence-electron chi connectivity index (χ0n) is 11.7. The van der Waals surface area contributed by atoms with E-state index in [-0.39, 0.29) is 12.5 Å². The van der Waals surface area contributed by atoms with Crippen LogP contribution < -0.4 is 16.0 Å². The van der Waals surface area contributed by atoms with Crippen LogP contribution in [0.2, 0.25) is 0 Å². The Morgan fingerprint density at radius 3 is 2.43 bits per heavy atom. The van der Waals surface area contributed by atoms with Crippen LogP contribution in [0.1, 0.15) is 5.56 Å². The minimum atomic E-state index is -0.0959.